The van der Waals surface area contributed by atoms with E-state index in [4.69, 9.17) is 0 Å². The number of aryl methyl sites for hydroxylation is 1. The van der Waals surface area contributed by atoms with Gasteiger partial charge in [-0.05, 0) is 37.3 Å². The summed E-state index contributed by atoms with van der Waals surface area (Å²) in [6, 6.07) is 9.58. The van der Waals surface area contributed by atoms with Gasteiger partial charge >= 0.3 is 5.69 Å². The Hall–Kier alpha value is -2.87. The smallest absolute Gasteiger partial charge is 0.306 e. The van der Waals surface area contributed by atoms with Gasteiger partial charge in [-0.25, -0.2) is 13.2 Å². The number of aromatic amines is 2. The Bertz CT molecular complexity index is 1170. The minimum atomic E-state index is -3.85. The van der Waals surface area contributed by atoms with Crippen molar-refractivity contribution in [2.45, 2.75) is 18.2 Å². The standard InChI is InChI=1S/C17H15N3O4S/c1-10-2-5-15-12(8-10)16(21)6-7-20(15)25(23,24)11-3-4-13-14(9-11)19-17(22)18-13/h2-5,8-9H,6-7H2,1H3,(H2,18,19,22). The lowest BCUT2D eigenvalue weighted by Gasteiger charge is -2.30. The van der Waals surface area contributed by atoms with Crippen LogP contribution < -0.4 is 9.99 Å². The SMILES string of the molecule is Cc1ccc2c(c1)C(=O)CCN2S(=O)(=O)c1ccc2[nH]c(=O)[nH]c2c1. The average Bonchev–Trinajstić information content (AvgIpc) is 2.94. The average molecular weight is 357 g/mol. The van der Waals surface area contributed by atoms with Crippen LogP contribution in [0.1, 0.15) is 22.3 Å². The predicted octanol–water partition coefficient (Wildman–Crippen LogP) is 1.95. The highest BCUT2D eigenvalue weighted by atomic mass is 32.2. The van der Waals surface area contributed by atoms with E-state index in [1.807, 2.05) is 6.92 Å². The van der Waals surface area contributed by atoms with Gasteiger partial charge in [-0.15, -0.1) is 0 Å². The number of ketones is 1. The zero-order chi connectivity index (χ0) is 17.8. The Morgan fingerprint density at radius 2 is 1.76 bits per heavy atom. The van der Waals surface area contributed by atoms with Gasteiger partial charge in [0.25, 0.3) is 10.0 Å². The summed E-state index contributed by atoms with van der Waals surface area (Å²) in [5.41, 5.74) is 2.28. The van der Waals surface area contributed by atoms with Gasteiger partial charge < -0.3 is 9.97 Å². The van der Waals surface area contributed by atoms with Crippen molar-refractivity contribution in [1.29, 1.82) is 0 Å². The van der Waals surface area contributed by atoms with Crippen molar-refractivity contribution in [3.8, 4) is 0 Å². The number of rotatable bonds is 2. The molecule has 0 saturated heterocycles. The molecule has 0 bridgehead atoms. The maximum Gasteiger partial charge on any atom is 0.323 e. The first-order valence-electron chi connectivity index (χ1n) is 7.75. The number of carbonyl (C=O) groups excluding carboxylic acids is 1. The third-order valence-electron chi connectivity index (χ3n) is 4.34. The quantitative estimate of drug-likeness (QED) is 0.731. The largest absolute Gasteiger partial charge is 0.323 e. The Labute approximate surface area is 143 Å². The van der Waals surface area contributed by atoms with Crippen LogP contribution in [0.25, 0.3) is 11.0 Å². The number of imidazole rings is 1. The van der Waals surface area contributed by atoms with Crippen LogP contribution in [0, 0.1) is 6.92 Å². The van der Waals surface area contributed by atoms with Crippen molar-refractivity contribution in [2.24, 2.45) is 0 Å². The van der Waals surface area contributed by atoms with E-state index in [9.17, 15) is 18.0 Å². The third-order valence-corrected chi connectivity index (χ3v) is 6.15. The molecule has 2 heterocycles. The van der Waals surface area contributed by atoms with Crippen molar-refractivity contribution in [3.63, 3.8) is 0 Å². The number of carbonyl (C=O) groups is 1. The molecule has 4 rings (SSSR count). The highest BCUT2D eigenvalue weighted by molar-refractivity contribution is 7.92. The summed E-state index contributed by atoms with van der Waals surface area (Å²) in [6.45, 7) is 1.95. The zero-order valence-electron chi connectivity index (χ0n) is 13.4. The number of hydrogen-bond acceptors (Lipinski definition) is 4. The number of Topliss-reactive ketones (excluding diaryl/α,β-unsaturated/α-hetero) is 1. The highest BCUT2D eigenvalue weighted by Crippen LogP contribution is 2.33. The molecule has 128 valence electrons. The lowest BCUT2D eigenvalue weighted by Crippen LogP contribution is -2.37. The number of nitrogens with one attached hydrogen (secondary N) is 2. The van der Waals surface area contributed by atoms with Crippen LogP contribution in [-0.4, -0.2) is 30.7 Å². The lowest BCUT2D eigenvalue weighted by molar-refractivity contribution is 0.0982. The molecule has 1 aliphatic heterocycles. The van der Waals surface area contributed by atoms with E-state index >= 15 is 0 Å². The van der Waals surface area contributed by atoms with Crippen LogP contribution in [0.5, 0.6) is 0 Å². The summed E-state index contributed by atoms with van der Waals surface area (Å²) in [6.07, 6.45) is 0.138. The van der Waals surface area contributed by atoms with Crippen LogP contribution in [-0.2, 0) is 10.0 Å². The first kappa shape index (κ1) is 15.6. The molecule has 2 aromatic carbocycles. The molecule has 7 nitrogen and oxygen atoms in total. The van der Waals surface area contributed by atoms with Crippen LogP contribution in [0.3, 0.4) is 0 Å². The minimum absolute atomic E-state index is 0.0597. The summed E-state index contributed by atoms with van der Waals surface area (Å²) in [5.74, 6) is -0.0597. The molecule has 25 heavy (non-hydrogen) atoms. The fourth-order valence-electron chi connectivity index (χ4n) is 3.10. The van der Waals surface area contributed by atoms with Gasteiger partial charge in [0.1, 0.15) is 0 Å². The Morgan fingerprint density at radius 3 is 2.56 bits per heavy atom. The lowest BCUT2D eigenvalue weighted by atomic mass is 10.0. The van der Waals surface area contributed by atoms with Crippen molar-refractivity contribution >= 4 is 32.5 Å². The van der Waals surface area contributed by atoms with Gasteiger partial charge in [0.2, 0.25) is 0 Å². The number of nitrogens with zero attached hydrogens (tertiary/aromatic N) is 1. The molecule has 3 aromatic rings. The molecule has 0 saturated carbocycles. The summed E-state index contributed by atoms with van der Waals surface area (Å²) in [5, 5.41) is 0. The molecule has 2 N–H and O–H groups in total. The van der Waals surface area contributed by atoms with Gasteiger partial charge in [0.15, 0.2) is 5.78 Å². The number of benzene rings is 2. The maximum absolute atomic E-state index is 13.1. The van der Waals surface area contributed by atoms with E-state index in [0.29, 0.717) is 22.3 Å². The molecule has 0 radical (unpaired) electrons. The van der Waals surface area contributed by atoms with Crippen LogP contribution in [0.2, 0.25) is 0 Å². The van der Waals surface area contributed by atoms with Crippen molar-refractivity contribution in [2.75, 3.05) is 10.8 Å². The maximum atomic E-state index is 13.1. The second-order valence-corrected chi connectivity index (χ2v) is 7.92. The van der Waals surface area contributed by atoms with E-state index in [2.05, 4.69) is 9.97 Å². The van der Waals surface area contributed by atoms with Gasteiger partial charge in [-0.1, -0.05) is 11.6 Å². The van der Waals surface area contributed by atoms with E-state index in [-0.39, 0.29) is 23.6 Å². The summed E-state index contributed by atoms with van der Waals surface area (Å²) in [7, 11) is -3.85. The number of hydrogen-bond donors (Lipinski definition) is 2. The fraction of sp³-hybridized carbons (Fsp3) is 0.176. The zero-order valence-corrected chi connectivity index (χ0v) is 14.2. The molecule has 0 amide bonds. The fourth-order valence-corrected chi connectivity index (χ4v) is 4.61. The molecule has 0 aliphatic carbocycles. The molecule has 1 aliphatic rings. The van der Waals surface area contributed by atoms with Crippen molar-refractivity contribution in [3.05, 3.63) is 58.0 Å². The number of aromatic nitrogens is 2. The Balaban J connectivity index is 1.86. The second kappa shape index (κ2) is 5.32. The second-order valence-electron chi connectivity index (χ2n) is 6.06. The first-order chi connectivity index (χ1) is 11.9. The van der Waals surface area contributed by atoms with Crippen molar-refractivity contribution < 1.29 is 13.2 Å². The van der Waals surface area contributed by atoms with Crippen LogP contribution >= 0.6 is 0 Å². The summed E-state index contributed by atoms with van der Waals surface area (Å²) < 4.78 is 27.5. The first-order valence-corrected chi connectivity index (χ1v) is 9.19. The van der Waals surface area contributed by atoms with E-state index < -0.39 is 15.7 Å². The summed E-state index contributed by atoms with van der Waals surface area (Å²) >= 11 is 0. The molecular weight excluding hydrogens is 342 g/mol. The van der Waals surface area contributed by atoms with Crippen LogP contribution in [0.15, 0.2) is 46.1 Å². The summed E-state index contributed by atoms with van der Waals surface area (Å²) in [4.78, 5) is 28.7. The Morgan fingerprint density at radius 1 is 1.00 bits per heavy atom. The normalized spacial score (nSPS) is 14.8. The number of sulfonamides is 1. The van der Waals surface area contributed by atoms with Crippen LogP contribution in [0.4, 0.5) is 5.69 Å². The number of H-pyrrole nitrogens is 2. The monoisotopic (exact) mass is 357 g/mol. The molecule has 0 unspecified atom stereocenters. The molecule has 0 fully saturated rings. The van der Waals surface area contributed by atoms with E-state index in [0.717, 1.165) is 5.56 Å². The highest BCUT2D eigenvalue weighted by Gasteiger charge is 2.32. The number of anilines is 1. The molecule has 8 heteroatoms. The Kier molecular flexibility index (Phi) is 3.33. The van der Waals surface area contributed by atoms with Gasteiger partial charge in [-0.2, -0.15) is 0 Å². The number of fused-ring (bicyclic) bond motifs is 2. The van der Waals surface area contributed by atoms with Gasteiger partial charge in [0.05, 0.1) is 21.6 Å². The topological polar surface area (TPSA) is 103 Å². The van der Waals surface area contributed by atoms with Gasteiger partial charge in [0, 0.05) is 18.5 Å². The molecular formula is C17H15N3O4S. The van der Waals surface area contributed by atoms with Gasteiger partial charge in [-0.3, -0.25) is 9.10 Å². The third kappa shape index (κ3) is 2.45. The van der Waals surface area contributed by atoms with Crippen molar-refractivity contribution in [1.82, 2.24) is 9.97 Å². The predicted molar refractivity (Wildman–Crippen MR) is 93.6 cm³/mol. The molecule has 1 aromatic heterocycles. The minimum Gasteiger partial charge on any atom is -0.306 e. The van der Waals surface area contributed by atoms with E-state index in [1.165, 1.54) is 16.4 Å². The van der Waals surface area contributed by atoms with E-state index in [1.54, 1.807) is 24.3 Å². The molecule has 0 spiro atoms. The molecule has 0 atom stereocenters.